The van der Waals surface area contributed by atoms with Gasteiger partial charge in [-0.3, -0.25) is 0 Å². The summed E-state index contributed by atoms with van der Waals surface area (Å²) in [4.78, 5) is 0.701. The highest BCUT2D eigenvalue weighted by molar-refractivity contribution is 9.09. The Labute approximate surface area is 106 Å². The summed E-state index contributed by atoms with van der Waals surface area (Å²) in [5, 5.41) is 0. The standard InChI is InChI=1S/C14H19BrO/c1-14(8-7-12(15)10-14)9-11-5-3-4-6-13(11)16-2/h3-6,12H,7-10H2,1-2H3. The summed E-state index contributed by atoms with van der Waals surface area (Å²) < 4.78 is 5.42. The second kappa shape index (κ2) is 4.79. The third kappa shape index (κ3) is 2.60. The average Bonchev–Trinajstić information content (AvgIpc) is 2.59. The summed E-state index contributed by atoms with van der Waals surface area (Å²) >= 11 is 3.73. The molecule has 1 fully saturated rings. The van der Waals surface area contributed by atoms with Crippen LogP contribution in [-0.2, 0) is 6.42 Å². The van der Waals surface area contributed by atoms with E-state index in [1.54, 1.807) is 7.11 Å². The molecule has 0 radical (unpaired) electrons. The van der Waals surface area contributed by atoms with Gasteiger partial charge in [0.1, 0.15) is 5.75 Å². The number of ether oxygens (including phenoxy) is 1. The van der Waals surface area contributed by atoms with Gasteiger partial charge < -0.3 is 4.74 Å². The van der Waals surface area contributed by atoms with E-state index in [-0.39, 0.29) is 0 Å². The summed E-state index contributed by atoms with van der Waals surface area (Å²) in [6.45, 7) is 2.39. The van der Waals surface area contributed by atoms with Crippen LogP contribution in [0.1, 0.15) is 31.7 Å². The molecule has 0 aliphatic heterocycles. The molecule has 1 nitrogen and oxygen atoms in total. The zero-order valence-corrected chi connectivity index (χ0v) is 11.6. The first-order chi connectivity index (χ1) is 7.63. The maximum atomic E-state index is 5.42. The van der Waals surface area contributed by atoms with Crippen LogP contribution in [0, 0.1) is 5.41 Å². The van der Waals surface area contributed by atoms with E-state index in [0.717, 1.165) is 12.2 Å². The highest BCUT2D eigenvalue weighted by atomic mass is 79.9. The maximum absolute atomic E-state index is 5.42. The molecule has 1 saturated carbocycles. The van der Waals surface area contributed by atoms with Crippen LogP contribution in [0.25, 0.3) is 0 Å². The molecule has 2 rings (SSSR count). The largest absolute Gasteiger partial charge is 0.496 e. The molecule has 1 aromatic carbocycles. The summed E-state index contributed by atoms with van der Waals surface area (Å²) in [5.74, 6) is 1.03. The Morgan fingerprint density at radius 2 is 2.19 bits per heavy atom. The zero-order chi connectivity index (χ0) is 11.6. The van der Waals surface area contributed by atoms with Gasteiger partial charge in [-0.15, -0.1) is 0 Å². The van der Waals surface area contributed by atoms with Crippen LogP contribution in [0.4, 0.5) is 0 Å². The van der Waals surface area contributed by atoms with Crippen LogP contribution in [0.3, 0.4) is 0 Å². The molecule has 0 spiro atoms. The molecular formula is C14H19BrO. The highest BCUT2D eigenvalue weighted by Gasteiger charge is 2.34. The van der Waals surface area contributed by atoms with E-state index < -0.39 is 0 Å². The van der Waals surface area contributed by atoms with Gasteiger partial charge in [-0.2, -0.15) is 0 Å². The number of para-hydroxylation sites is 1. The lowest BCUT2D eigenvalue weighted by Gasteiger charge is -2.24. The lowest BCUT2D eigenvalue weighted by molar-refractivity contribution is 0.326. The van der Waals surface area contributed by atoms with E-state index in [2.05, 4.69) is 41.1 Å². The molecule has 0 N–H and O–H groups in total. The molecule has 88 valence electrons. The summed E-state index contributed by atoms with van der Waals surface area (Å²) in [7, 11) is 1.75. The van der Waals surface area contributed by atoms with Crippen LogP contribution in [0.5, 0.6) is 5.75 Å². The Hall–Kier alpha value is -0.500. The van der Waals surface area contributed by atoms with E-state index >= 15 is 0 Å². The number of halogens is 1. The first-order valence-electron chi connectivity index (χ1n) is 5.89. The molecule has 2 heteroatoms. The number of rotatable bonds is 3. The van der Waals surface area contributed by atoms with Gasteiger partial charge in [-0.1, -0.05) is 41.1 Å². The van der Waals surface area contributed by atoms with Crippen molar-refractivity contribution in [1.29, 1.82) is 0 Å². The van der Waals surface area contributed by atoms with Crippen molar-refractivity contribution >= 4 is 15.9 Å². The van der Waals surface area contributed by atoms with Crippen LogP contribution < -0.4 is 4.74 Å². The van der Waals surface area contributed by atoms with Crippen molar-refractivity contribution in [3.8, 4) is 5.75 Å². The molecule has 2 atom stereocenters. The zero-order valence-electron chi connectivity index (χ0n) is 10.0. The number of benzene rings is 1. The Morgan fingerprint density at radius 3 is 2.81 bits per heavy atom. The van der Waals surface area contributed by atoms with Gasteiger partial charge in [0.2, 0.25) is 0 Å². The van der Waals surface area contributed by atoms with Crippen molar-refractivity contribution in [1.82, 2.24) is 0 Å². The maximum Gasteiger partial charge on any atom is 0.122 e. The quantitative estimate of drug-likeness (QED) is 0.756. The van der Waals surface area contributed by atoms with Gasteiger partial charge in [0.05, 0.1) is 7.11 Å². The predicted octanol–water partition coefficient (Wildman–Crippen LogP) is 4.19. The fraction of sp³-hybridized carbons (Fsp3) is 0.571. The predicted molar refractivity (Wildman–Crippen MR) is 71.4 cm³/mol. The fourth-order valence-corrected chi connectivity index (χ4v) is 3.72. The minimum Gasteiger partial charge on any atom is -0.496 e. The first-order valence-corrected chi connectivity index (χ1v) is 6.80. The molecule has 0 heterocycles. The van der Waals surface area contributed by atoms with Gasteiger partial charge in [0.25, 0.3) is 0 Å². The molecule has 0 saturated heterocycles. The third-order valence-electron chi connectivity index (χ3n) is 3.59. The van der Waals surface area contributed by atoms with Gasteiger partial charge in [0, 0.05) is 4.83 Å². The summed E-state index contributed by atoms with van der Waals surface area (Å²) in [5.41, 5.74) is 1.78. The van der Waals surface area contributed by atoms with E-state index in [9.17, 15) is 0 Å². The van der Waals surface area contributed by atoms with Gasteiger partial charge in [-0.25, -0.2) is 0 Å². The second-order valence-corrected chi connectivity index (χ2v) is 6.43. The summed E-state index contributed by atoms with van der Waals surface area (Å²) in [6.07, 6.45) is 5.00. The first kappa shape index (κ1) is 12.0. The van der Waals surface area contributed by atoms with Crippen molar-refractivity contribution in [2.24, 2.45) is 5.41 Å². The number of alkyl halides is 1. The van der Waals surface area contributed by atoms with E-state index in [1.165, 1.54) is 24.8 Å². The molecule has 16 heavy (non-hydrogen) atoms. The topological polar surface area (TPSA) is 9.23 Å². The fourth-order valence-electron chi connectivity index (χ4n) is 2.71. The molecule has 0 amide bonds. The Morgan fingerprint density at radius 1 is 1.44 bits per heavy atom. The van der Waals surface area contributed by atoms with Crippen molar-refractivity contribution in [2.45, 2.75) is 37.4 Å². The minimum atomic E-state index is 0.433. The number of hydrogen-bond acceptors (Lipinski definition) is 1. The minimum absolute atomic E-state index is 0.433. The van der Waals surface area contributed by atoms with Gasteiger partial charge >= 0.3 is 0 Å². The molecule has 1 aromatic rings. The van der Waals surface area contributed by atoms with Gasteiger partial charge in [-0.05, 0) is 42.7 Å². The van der Waals surface area contributed by atoms with Gasteiger partial charge in [0.15, 0.2) is 0 Å². The number of hydrogen-bond donors (Lipinski definition) is 0. The van der Waals surface area contributed by atoms with E-state index in [4.69, 9.17) is 4.74 Å². The van der Waals surface area contributed by atoms with E-state index in [0.29, 0.717) is 10.2 Å². The van der Waals surface area contributed by atoms with Crippen LogP contribution >= 0.6 is 15.9 Å². The van der Waals surface area contributed by atoms with Crippen LogP contribution in [-0.4, -0.2) is 11.9 Å². The molecule has 1 aliphatic rings. The molecule has 1 aliphatic carbocycles. The lowest BCUT2D eigenvalue weighted by atomic mass is 9.82. The molecule has 0 aromatic heterocycles. The Balaban J connectivity index is 2.14. The van der Waals surface area contributed by atoms with Crippen molar-refractivity contribution < 1.29 is 4.74 Å². The van der Waals surface area contributed by atoms with Crippen LogP contribution in [0.15, 0.2) is 24.3 Å². The average molecular weight is 283 g/mol. The molecule has 2 unspecified atom stereocenters. The highest BCUT2D eigenvalue weighted by Crippen LogP contribution is 2.44. The second-order valence-electron chi connectivity index (χ2n) is 5.14. The van der Waals surface area contributed by atoms with Crippen molar-refractivity contribution in [3.05, 3.63) is 29.8 Å². The van der Waals surface area contributed by atoms with Crippen molar-refractivity contribution in [2.75, 3.05) is 7.11 Å². The number of methoxy groups -OCH3 is 1. The van der Waals surface area contributed by atoms with Crippen molar-refractivity contribution in [3.63, 3.8) is 0 Å². The SMILES string of the molecule is COc1ccccc1CC1(C)CCC(Br)C1. The summed E-state index contributed by atoms with van der Waals surface area (Å²) in [6, 6.07) is 8.37. The van der Waals surface area contributed by atoms with E-state index in [1.807, 2.05) is 6.07 Å². The third-order valence-corrected chi connectivity index (χ3v) is 4.37. The smallest absolute Gasteiger partial charge is 0.122 e. The molecule has 0 bridgehead atoms. The van der Waals surface area contributed by atoms with Crippen LogP contribution in [0.2, 0.25) is 0 Å². The monoisotopic (exact) mass is 282 g/mol. The Bertz CT molecular complexity index is 364. The normalized spacial score (nSPS) is 29.3. The molecular weight excluding hydrogens is 264 g/mol. The Kier molecular flexibility index (Phi) is 3.58. The lowest BCUT2D eigenvalue weighted by Crippen LogP contribution is -2.16.